The number of hydrogen-bond acceptors (Lipinski definition) is 5. The van der Waals surface area contributed by atoms with Crippen molar-refractivity contribution in [3.8, 4) is 0 Å². The van der Waals surface area contributed by atoms with Gasteiger partial charge in [-0.3, -0.25) is 0 Å². The molecule has 6 nitrogen and oxygen atoms in total. The zero-order valence-corrected chi connectivity index (χ0v) is 18.4. The molecule has 6 heteroatoms. The molecule has 1 aliphatic rings. The molecule has 0 aromatic heterocycles. The molecule has 1 unspecified atom stereocenters. The normalized spacial score (nSPS) is 21.9. The van der Waals surface area contributed by atoms with E-state index in [1.54, 1.807) is 0 Å². The summed E-state index contributed by atoms with van der Waals surface area (Å²) in [6, 6.07) is 0.0921. The molecule has 26 heavy (non-hydrogen) atoms. The summed E-state index contributed by atoms with van der Waals surface area (Å²) in [7, 11) is 0. The van der Waals surface area contributed by atoms with Crippen LogP contribution in [0.15, 0.2) is 0 Å². The van der Waals surface area contributed by atoms with Crippen molar-refractivity contribution in [2.75, 3.05) is 0 Å². The average molecular weight is 373 g/mol. The second-order valence-corrected chi connectivity index (χ2v) is 10.6. The zero-order valence-electron chi connectivity index (χ0n) is 18.4. The molecule has 1 fully saturated rings. The van der Waals surface area contributed by atoms with Crippen LogP contribution in [0.1, 0.15) is 88.5 Å². The Hall–Kier alpha value is -0.850. The molecule has 0 aliphatic carbocycles. The van der Waals surface area contributed by atoms with Crippen LogP contribution in [0.3, 0.4) is 0 Å². The fraction of sp³-hybridized carbons (Fsp3) is 0.950. The molecule has 0 saturated carbocycles. The van der Waals surface area contributed by atoms with E-state index in [-0.39, 0.29) is 34.9 Å². The second kappa shape index (κ2) is 8.03. The van der Waals surface area contributed by atoms with Gasteiger partial charge >= 0.3 is 6.09 Å². The first kappa shape index (κ1) is 23.2. The molecule has 1 rings (SSSR count). The van der Waals surface area contributed by atoms with Crippen LogP contribution >= 0.6 is 0 Å². The molecule has 1 amide bonds. The summed E-state index contributed by atoms with van der Waals surface area (Å²) in [5.74, 6) is 0. The Bertz CT molecular complexity index is 465. The van der Waals surface area contributed by atoms with Gasteiger partial charge in [-0.05, 0) is 82.1 Å². The van der Waals surface area contributed by atoms with E-state index in [1.165, 1.54) is 0 Å². The number of ether oxygens (including phenoxy) is 1. The number of alkyl carbamates (subject to hydrolysis) is 1. The number of piperidine rings is 1. The molecule has 0 spiro atoms. The Kier molecular flexibility index (Phi) is 7.16. The zero-order chi connectivity index (χ0) is 20.4. The molecule has 0 bridgehead atoms. The van der Waals surface area contributed by atoms with Crippen LogP contribution < -0.4 is 10.6 Å². The Labute approximate surface area is 159 Å². The molecule has 2 N–H and O–H groups in total. The van der Waals surface area contributed by atoms with Gasteiger partial charge in [0.15, 0.2) is 0 Å². The molecule has 0 radical (unpaired) electrons. The highest BCUT2D eigenvalue weighted by molar-refractivity contribution is 5.67. The Morgan fingerprint density at radius 3 is 2.04 bits per heavy atom. The number of carbonyl (C=O) groups excluding carboxylic acids is 1. The summed E-state index contributed by atoms with van der Waals surface area (Å²) >= 11 is 0. The molecule has 1 atom stereocenters. The fourth-order valence-electron chi connectivity index (χ4n) is 3.81. The molecule has 1 aliphatic heterocycles. The van der Waals surface area contributed by atoms with Gasteiger partial charge in [0.05, 0.1) is 5.60 Å². The van der Waals surface area contributed by atoms with E-state index >= 15 is 0 Å². The number of rotatable bonds is 6. The smallest absolute Gasteiger partial charge is 0.407 e. The summed E-state index contributed by atoms with van der Waals surface area (Å²) in [6.45, 7) is 20.1. The predicted molar refractivity (Wildman–Crippen MR) is 104 cm³/mol. The van der Waals surface area contributed by atoms with Gasteiger partial charge in [0.1, 0.15) is 11.7 Å². The van der Waals surface area contributed by atoms with Crippen molar-refractivity contribution in [3.63, 3.8) is 0 Å². The lowest BCUT2D eigenvalue weighted by Gasteiger charge is -2.46. The van der Waals surface area contributed by atoms with Crippen molar-refractivity contribution in [3.05, 3.63) is 0 Å². The minimum atomic E-state index is -0.550. The standard InChI is InChI=1S/C20H40N2O4/c1-14(11-20(9,10)26-25-17(2,3)4)24-16(23)21-15-12-18(5,6)22-19(7,8)13-15/h14-15,22H,11-13H2,1-10H3,(H,21,23). The van der Waals surface area contributed by atoms with E-state index in [9.17, 15) is 4.79 Å². The number of amides is 1. The van der Waals surface area contributed by atoms with Gasteiger partial charge in [-0.2, -0.15) is 0 Å². The first-order valence-electron chi connectivity index (χ1n) is 9.62. The number of hydrogen-bond donors (Lipinski definition) is 2. The van der Waals surface area contributed by atoms with Crippen LogP contribution in [0.5, 0.6) is 0 Å². The van der Waals surface area contributed by atoms with Crippen molar-refractivity contribution < 1.29 is 19.3 Å². The van der Waals surface area contributed by atoms with E-state index in [1.807, 2.05) is 41.5 Å². The maximum atomic E-state index is 12.3. The van der Waals surface area contributed by atoms with Gasteiger partial charge < -0.3 is 15.4 Å². The van der Waals surface area contributed by atoms with Crippen molar-refractivity contribution in [2.24, 2.45) is 0 Å². The summed E-state index contributed by atoms with van der Waals surface area (Å²) in [5, 5.41) is 6.64. The van der Waals surface area contributed by atoms with Crippen LogP contribution in [0.25, 0.3) is 0 Å². The van der Waals surface area contributed by atoms with Crippen molar-refractivity contribution in [1.29, 1.82) is 0 Å². The highest BCUT2D eigenvalue weighted by Gasteiger charge is 2.38. The minimum Gasteiger partial charge on any atom is -0.446 e. The summed E-state index contributed by atoms with van der Waals surface area (Å²) in [4.78, 5) is 23.3. The van der Waals surface area contributed by atoms with E-state index < -0.39 is 5.60 Å². The third-order valence-electron chi connectivity index (χ3n) is 4.12. The van der Waals surface area contributed by atoms with E-state index in [0.717, 1.165) is 12.8 Å². The van der Waals surface area contributed by atoms with Gasteiger partial charge in [-0.15, -0.1) is 0 Å². The molecule has 1 saturated heterocycles. The van der Waals surface area contributed by atoms with Crippen LogP contribution in [-0.2, 0) is 14.5 Å². The highest BCUT2D eigenvalue weighted by Crippen LogP contribution is 2.28. The average Bonchev–Trinajstić information content (AvgIpc) is 2.30. The summed E-state index contributed by atoms with van der Waals surface area (Å²) < 4.78 is 5.55. The van der Waals surface area contributed by atoms with Crippen LogP contribution in [-0.4, -0.2) is 40.5 Å². The SMILES string of the molecule is CC(CC(C)(C)OOC(C)(C)C)OC(=O)NC1CC(C)(C)NC(C)(C)C1. The van der Waals surface area contributed by atoms with Gasteiger partial charge in [0, 0.05) is 23.5 Å². The molecule has 154 valence electrons. The van der Waals surface area contributed by atoms with Gasteiger partial charge in [-0.1, -0.05) is 0 Å². The Morgan fingerprint density at radius 2 is 1.58 bits per heavy atom. The van der Waals surface area contributed by atoms with Gasteiger partial charge in [0.25, 0.3) is 0 Å². The molecular formula is C20H40N2O4. The fourth-order valence-corrected chi connectivity index (χ4v) is 3.81. The summed E-state index contributed by atoms with van der Waals surface area (Å²) in [5.41, 5.74) is -0.976. The number of nitrogens with one attached hydrogen (secondary N) is 2. The lowest BCUT2D eigenvalue weighted by molar-refractivity contribution is -0.399. The largest absolute Gasteiger partial charge is 0.446 e. The first-order valence-corrected chi connectivity index (χ1v) is 9.62. The van der Waals surface area contributed by atoms with Crippen LogP contribution in [0.2, 0.25) is 0 Å². The third kappa shape index (κ3) is 9.19. The van der Waals surface area contributed by atoms with Crippen molar-refractivity contribution in [2.45, 2.75) is 123 Å². The highest BCUT2D eigenvalue weighted by atomic mass is 17.2. The van der Waals surface area contributed by atoms with Gasteiger partial charge in [-0.25, -0.2) is 14.6 Å². The molecule has 0 aromatic carbocycles. The first-order chi connectivity index (χ1) is 11.5. The van der Waals surface area contributed by atoms with E-state index in [4.69, 9.17) is 14.5 Å². The van der Waals surface area contributed by atoms with Crippen molar-refractivity contribution in [1.82, 2.24) is 10.6 Å². The van der Waals surface area contributed by atoms with E-state index in [2.05, 4.69) is 38.3 Å². The molecule has 1 heterocycles. The van der Waals surface area contributed by atoms with Crippen LogP contribution in [0, 0.1) is 0 Å². The maximum absolute atomic E-state index is 12.3. The van der Waals surface area contributed by atoms with Gasteiger partial charge in [0.2, 0.25) is 0 Å². The lowest BCUT2D eigenvalue weighted by Crippen LogP contribution is -2.62. The Balaban J connectivity index is 2.49. The third-order valence-corrected chi connectivity index (χ3v) is 4.12. The summed E-state index contributed by atoms with van der Waals surface area (Å²) in [6.07, 6.45) is 1.63. The van der Waals surface area contributed by atoms with Crippen LogP contribution in [0.4, 0.5) is 4.79 Å². The molecule has 0 aromatic rings. The molecular weight excluding hydrogens is 332 g/mol. The monoisotopic (exact) mass is 372 g/mol. The quantitative estimate of drug-likeness (QED) is 0.537. The maximum Gasteiger partial charge on any atom is 0.407 e. The predicted octanol–water partition coefficient (Wildman–Crippen LogP) is 4.33. The Morgan fingerprint density at radius 1 is 1.08 bits per heavy atom. The topological polar surface area (TPSA) is 68.8 Å². The minimum absolute atomic E-state index is 0.0224. The van der Waals surface area contributed by atoms with Crippen molar-refractivity contribution >= 4 is 6.09 Å². The second-order valence-electron chi connectivity index (χ2n) is 10.6. The van der Waals surface area contributed by atoms with E-state index in [0.29, 0.717) is 6.42 Å². The lowest BCUT2D eigenvalue weighted by atomic mass is 9.80. The number of carbonyl (C=O) groups is 1.